The van der Waals surface area contributed by atoms with E-state index in [0.29, 0.717) is 0 Å². The number of hydrogen-bond acceptors (Lipinski definition) is 2. The van der Waals surface area contributed by atoms with Crippen molar-refractivity contribution in [3.05, 3.63) is 52.3 Å². The van der Waals surface area contributed by atoms with Crippen LogP contribution in [0.4, 0.5) is 0 Å². The van der Waals surface area contributed by atoms with Gasteiger partial charge in [0.25, 0.3) is 0 Å². The van der Waals surface area contributed by atoms with Crippen molar-refractivity contribution in [1.29, 1.82) is 0 Å². The Morgan fingerprint density at radius 3 is 2.67 bits per heavy atom. The minimum absolute atomic E-state index is 0.109. The number of aryl methyl sites for hydroxylation is 3. The number of aromatic nitrogens is 2. The fraction of sp³-hybridized carbons (Fsp3) is 0.400. The van der Waals surface area contributed by atoms with E-state index in [-0.39, 0.29) is 6.04 Å². The minimum Gasteiger partial charge on any atom is -0.319 e. The molecule has 1 heterocycles. The van der Waals surface area contributed by atoms with Crippen LogP contribution in [0.3, 0.4) is 0 Å². The molecule has 1 aromatic heterocycles. The molecule has 0 saturated carbocycles. The molecule has 0 amide bonds. The van der Waals surface area contributed by atoms with Gasteiger partial charge in [-0.3, -0.25) is 4.68 Å². The molecule has 0 aliphatic rings. The minimum atomic E-state index is -0.109. The van der Waals surface area contributed by atoms with Crippen LogP contribution in [-0.2, 0) is 13.5 Å². The molecule has 2 rings (SSSR count). The van der Waals surface area contributed by atoms with E-state index in [9.17, 15) is 0 Å². The Bertz CT molecular complexity index is 555. The molecule has 0 fully saturated rings. The quantitative estimate of drug-likeness (QED) is 0.900. The highest BCUT2D eigenvalue weighted by atomic mass is 15.3. The topological polar surface area (TPSA) is 43.8 Å². The zero-order chi connectivity index (χ0) is 13.3. The Kier molecular flexibility index (Phi) is 3.53. The van der Waals surface area contributed by atoms with E-state index in [1.807, 2.05) is 11.7 Å². The Balaban J connectivity index is 2.44. The molecular weight excluding hydrogens is 222 g/mol. The van der Waals surface area contributed by atoms with E-state index in [1.54, 1.807) is 0 Å². The van der Waals surface area contributed by atoms with Crippen LogP contribution in [-0.4, -0.2) is 9.78 Å². The molecule has 1 unspecified atom stereocenters. The van der Waals surface area contributed by atoms with E-state index in [2.05, 4.69) is 50.1 Å². The lowest BCUT2D eigenvalue weighted by Gasteiger charge is -2.16. The third kappa shape index (κ3) is 2.18. The van der Waals surface area contributed by atoms with E-state index in [0.717, 1.165) is 17.8 Å². The van der Waals surface area contributed by atoms with Gasteiger partial charge in [0.15, 0.2) is 0 Å². The van der Waals surface area contributed by atoms with Gasteiger partial charge in [0.05, 0.1) is 17.4 Å². The van der Waals surface area contributed by atoms with Crippen molar-refractivity contribution >= 4 is 0 Å². The smallest absolute Gasteiger partial charge is 0.0725 e. The normalized spacial score (nSPS) is 12.7. The molecular formula is C15H21N3. The van der Waals surface area contributed by atoms with Gasteiger partial charge < -0.3 is 5.73 Å². The standard InChI is InChI=1S/C15H21N3/c1-5-12-9-14(18(4)17-12)15(16)13-8-6-7-10(2)11(13)3/h6-9,15H,5,16H2,1-4H3. The highest BCUT2D eigenvalue weighted by molar-refractivity contribution is 5.39. The second kappa shape index (κ2) is 4.94. The van der Waals surface area contributed by atoms with Crippen LogP contribution in [0.2, 0.25) is 0 Å². The fourth-order valence-corrected chi connectivity index (χ4v) is 2.28. The summed E-state index contributed by atoms with van der Waals surface area (Å²) in [5.41, 5.74) is 12.3. The van der Waals surface area contributed by atoms with Gasteiger partial charge >= 0.3 is 0 Å². The van der Waals surface area contributed by atoms with Gasteiger partial charge in [0, 0.05) is 7.05 Å². The summed E-state index contributed by atoms with van der Waals surface area (Å²) in [4.78, 5) is 0. The third-order valence-electron chi connectivity index (χ3n) is 3.63. The van der Waals surface area contributed by atoms with Gasteiger partial charge in [-0.05, 0) is 43.0 Å². The van der Waals surface area contributed by atoms with E-state index < -0.39 is 0 Å². The first-order valence-corrected chi connectivity index (χ1v) is 6.39. The summed E-state index contributed by atoms with van der Waals surface area (Å²) >= 11 is 0. The molecule has 3 heteroatoms. The van der Waals surface area contributed by atoms with Crippen LogP contribution in [0.25, 0.3) is 0 Å². The predicted octanol–water partition coefficient (Wildman–Crippen LogP) is 2.65. The molecule has 0 spiro atoms. The largest absolute Gasteiger partial charge is 0.319 e. The zero-order valence-electron chi connectivity index (χ0n) is 11.6. The van der Waals surface area contributed by atoms with Crippen LogP contribution in [0, 0.1) is 13.8 Å². The highest BCUT2D eigenvalue weighted by Crippen LogP contribution is 2.24. The molecule has 0 radical (unpaired) electrons. The lowest BCUT2D eigenvalue weighted by molar-refractivity contribution is 0.664. The first kappa shape index (κ1) is 12.8. The molecule has 18 heavy (non-hydrogen) atoms. The molecule has 0 aliphatic carbocycles. The number of hydrogen-bond donors (Lipinski definition) is 1. The lowest BCUT2D eigenvalue weighted by atomic mass is 9.96. The van der Waals surface area contributed by atoms with Gasteiger partial charge in [-0.15, -0.1) is 0 Å². The van der Waals surface area contributed by atoms with Crippen LogP contribution in [0.1, 0.15) is 41.0 Å². The molecule has 2 N–H and O–H groups in total. The van der Waals surface area contributed by atoms with Crippen molar-refractivity contribution in [1.82, 2.24) is 9.78 Å². The summed E-state index contributed by atoms with van der Waals surface area (Å²) in [7, 11) is 1.96. The van der Waals surface area contributed by atoms with E-state index >= 15 is 0 Å². The maximum Gasteiger partial charge on any atom is 0.0725 e. The van der Waals surface area contributed by atoms with Gasteiger partial charge in [-0.2, -0.15) is 5.10 Å². The van der Waals surface area contributed by atoms with Gasteiger partial charge in [0.2, 0.25) is 0 Å². The Labute approximate surface area is 109 Å². The average molecular weight is 243 g/mol. The molecule has 0 aliphatic heterocycles. The summed E-state index contributed by atoms with van der Waals surface area (Å²) in [6, 6.07) is 8.28. The maximum atomic E-state index is 6.39. The molecule has 3 nitrogen and oxygen atoms in total. The summed E-state index contributed by atoms with van der Waals surface area (Å²) in [5, 5.41) is 4.46. The van der Waals surface area contributed by atoms with Crippen LogP contribution < -0.4 is 5.73 Å². The van der Waals surface area contributed by atoms with Gasteiger partial charge in [-0.25, -0.2) is 0 Å². The molecule has 1 aromatic carbocycles. The third-order valence-corrected chi connectivity index (χ3v) is 3.63. The second-order valence-corrected chi connectivity index (χ2v) is 4.80. The number of rotatable bonds is 3. The summed E-state index contributed by atoms with van der Waals surface area (Å²) in [6.45, 7) is 6.35. The van der Waals surface area contributed by atoms with Crippen molar-refractivity contribution in [2.45, 2.75) is 33.2 Å². The number of nitrogens with zero attached hydrogens (tertiary/aromatic N) is 2. The summed E-state index contributed by atoms with van der Waals surface area (Å²) in [6.07, 6.45) is 0.938. The molecule has 0 bridgehead atoms. The molecule has 0 saturated heterocycles. The zero-order valence-corrected chi connectivity index (χ0v) is 11.6. The van der Waals surface area contributed by atoms with Crippen molar-refractivity contribution in [3.8, 4) is 0 Å². The average Bonchev–Trinajstić information content (AvgIpc) is 2.73. The SMILES string of the molecule is CCc1cc(C(N)c2cccc(C)c2C)n(C)n1. The highest BCUT2D eigenvalue weighted by Gasteiger charge is 2.16. The lowest BCUT2D eigenvalue weighted by Crippen LogP contribution is -2.17. The second-order valence-electron chi connectivity index (χ2n) is 4.80. The Morgan fingerprint density at radius 2 is 2.06 bits per heavy atom. The number of nitrogens with two attached hydrogens (primary N) is 1. The maximum absolute atomic E-state index is 6.39. The summed E-state index contributed by atoms with van der Waals surface area (Å²) in [5.74, 6) is 0. The van der Waals surface area contributed by atoms with E-state index in [4.69, 9.17) is 5.73 Å². The first-order valence-electron chi connectivity index (χ1n) is 6.39. The summed E-state index contributed by atoms with van der Waals surface area (Å²) < 4.78 is 1.89. The van der Waals surface area contributed by atoms with Crippen LogP contribution in [0.15, 0.2) is 24.3 Å². The van der Waals surface area contributed by atoms with Crippen molar-refractivity contribution < 1.29 is 0 Å². The van der Waals surface area contributed by atoms with Crippen molar-refractivity contribution in [3.63, 3.8) is 0 Å². The first-order chi connectivity index (χ1) is 8.54. The molecule has 1 atom stereocenters. The fourth-order valence-electron chi connectivity index (χ4n) is 2.28. The van der Waals surface area contributed by atoms with Gasteiger partial charge in [0.1, 0.15) is 0 Å². The Hall–Kier alpha value is -1.61. The van der Waals surface area contributed by atoms with Crippen LogP contribution >= 0.6 is 0 Å². The van der Waals surface area contributed by atoms with Gasteiger partial charge in [-0.1, -0.05) is 25.1 Å². The van der Waals surface area contributed by atoms with E-state index in [1.165, 1.54) is 16.7 Å². The number of benzene rings is 1. The predicted molar refractivity (Wildman–Crippen MR) is 74.5 cm³/mol. The van der Waals surface area contributed by atoms with Crippen molar-refractivity contribution in [2.24, 2.45) is 12.8 Å². The molecule has 96 valence electrons. The Morgan fingerprint density at radius 1 is 1.33 bits per heavy atom. The van der Waals surface area contributed by atoms with Crippen LogP contribution in [0.5, 0.6) is 0 Å². The van der Waals surface area contributed by atoms with Crippen molar-refractivity contribution in [2.75, 3.05) is 0 Å². The molecule has 2 aromatic rings. The monoisotopic (exact) mass is 243 g/mol.